The van der Waals surface area contributed by atoms with Crippen molar-refractivity contribution in [1.82, 2.24) is 0 Å². The number of hydrogen-bond acceptors (Lipinski definition) is 0. The van der Waals surface area contributed by atoms with Gasteiger partial charge in [-0.05, 0) is 64.8 Å². The zero-order valence-corrected chi connectivity index (χ0v) is 18.6. The Kier molecular flexibility index (Phi) is 7.77. The number of rotatable bonds is 11. The van der Waals surface area contributed by atoms with E-state index < -0.39 is 0 Å². The predicted octanol–water partition coefficient (Wildman–Crippen LogP) is 8.46. The molecule has 0 amide bonds. The van der Waals surface area contributed by atoms with Crippen LogP contribution in [0.4, 0.5) is 0 Å². The van der Waals surface area contributed by atoms with Gasteiger partial charge in [-0.15, -0.1) is 0 Å². The third-order valence-electron chi connectivity index (χ3n) is 6.73. The minimum atomic E-state index is 0.836. The molecule has 3 rings (SSSR count). The Morgan fingerprint density at radius 2 is 1.32 bits per heavy atom. The lowest BCUT2D eigenvalue weighted by molar-refractivity contribution is 0.392. The second-order valence-electron chi connectivity index (χ2n) is 9.78. The number of fused-ring (bicyclic) bond motifs is 3. The minimum Gasteiger partial charge on any atom is -0.0628 e. The second-order valence-corrected chi connectivity index (χ2v) is 9.78. The van der Waals surface area contributed by atoms with Gasteiger partial charge in [0, 0.05) is 0 Å². The van der Waals surface area contributed by atoms with E-state index in [4.69, 9.17) is 0 Å². The zero-order chi connectivity index (χ0) is 19.9. The molecule has 0 radical (unpaired) electrons. The van der Waals surface area contributed by atoms with Crippen molar-refractivity contribution < 1.29 is 0 Å². The monoisotopic (exact) mass is 376 g/mol. The SMILES string of the molecule is CC(C)CCCC(C)CCCC(C)CCc1cccc2c1Cc1ccccc1-2. The molecule has 0 saturated carbocycles. The van der Waals surface area contributed by atoms with Crippen molar-refractivity contribution in [2.24, 2.45) is 17.8 Å². The summed E-state index contributed by atoms with van der Waals surface area (Å²) in [6.45, 7) is 9.59. The van der Waals surface area contributed by atoms with Gasteiger partial charge in [-0.3, -0.25) is 0 Å². The Balaban J connectivity index is 1.42. The van der Waals surface area contributed by atoms with Crippen LogP contribution in [0.3, 0.4) is 0 Å². The Morgan fingerprint density at radius 1 is 0.679 bits per heavy atom. The molecule has 0 heteroatoms. The molecule has 0 N–H and O–H groups in total. The van der Waals surface area contributed by atoms with Crippen LogP contribution < -0.4 is 0 Å². The third kappa shape index (κ3) is 5.72. The van der Waals surface area contributed by atoms with E-state index in [1.54, 1.807) is 11.1 Å². The zero-order valence-electron chi connectivity index (χ0n) is 18.6. The molecule has 152 valence electrons. The molecule has 2 aromatic carbocycles. The smallest absolute Gasteiger partial charge is 0.00107 e. The maximum absolute atomic E-state index is 2.46. The molecule has 0 aromatic heterocycles. The van der Waals surface area contributed by atoms with Gasteiger partial charge in [0.1, 0.15) is 0 Å². The highest BCUT2D eigenvalue weighted by molar-refractivity contribution is 5.77. The van der Waals surface area contributed by atoms with E-state index in [1.807, 2.05) is 0 Å². The van der Waals surface area contributed by atoms with Gasteiger partial charge >= 0.3 is 0 Å². The molecule has 0 aliphatic heterocycles. The number of hydrogen-bond donors (Lipinski definition) is 0. The van der Waals surface area contributed by atoms with Gasteiger partial charge in [0.2, 0.25) is 0 Å². The maximum Gasteiger partial charge on any atom is -0.00107 e. The molecule has 2 unspecified atom stereocenters. The van der Waals surface area contributed by atoms with E-state index in [2.05, 4.69) is 70.2 Å². The van der Waals surface area contributed by atoms with Gasteiger partial charge < -0.3 is 0 Å². The first-order chi connectivity index (χ1) is 13.5. The van der Waals surface area contributed by atoms with Crippen LogP contribution in [0.15, 0.2) is 42.5 Å². The number of benzene rings is 2. The molecular formula is C28H40. The molecule has 0 bridgehead atoms. The van der Waals surface area contributed by atoms with Gasteiger partial charge in [-0.2, -0.15) is 0 Å². The normalized spacial score (nSPS) is 14.8. The molecule has 0 fully saturated rings. The van der Waals surface area contributed by atoms with Crippen LogP contribution in [-0.2, 0) is 12.8 Å². The van der Waals surface area contributed by atoms with E-state index in [9.17, 15) is 0 Å². The lowest BCUT2D eigenvalue weighted by Gasteiger charge is -2.16. The summed E-state index contributed by atoms with van der Waals surface area (Å²) >= 11 is 0. The summed E-state index contributed by atoms with van der Waals surface area (Å²) in [5.74, 6) is 2.60. The standard InChI is InChI=1S/C28H40/c1-21(2)10-7-11-22(3)12-8-13-23(4)18-19-24-15-9-17-27-26-16-6-5-14-25(26)20-28(24)27/h5-6,9,14-17,21-23H,7-8,10-13,18-20H2,1-4H3. The Hall–Kier alpha value is -1.56. The first-order valence-corrected chi connectivity index (χ1v) is 11.7. The van der Waals surface area contributed by atoms with E-state index in [-0.39, 0.29) is 0 Å². The summed E-state index contributed by atoms with van der Waals surface area (Å²) in [4.78, 5) is 0. The Bertz CT molecular complexity index is 739. The lowest BCUT2D eigenvalue weighted by atomic mass is 9.90. The summed E-state index contributed by atoms with van der Waals surface area (Å²) in [6.07, 6.45) is 12.1. The van der Waals surface area contributed by atoms with Gasteiger partial charge in [-0.1, -0.05) is 109 Å². The number of aryl methyl sites for hydroxylation is 1. The van der Waals surface area contributed by atoms with Crippen molar-refractivity contribution in [2.45, 2.75) is 85.5 Å². The van der Waals surface area contributed by atoms with E-state index in [0.717, 1.165) is 24.2 Å². The molecule has 1 aliphatic carbocycles. The molecule has 2 aromatic rings. The summed E-state index contributed by atoms with van der Waals surface area (Å²) in [5, 5.41) is 0. The third-order valence-corrected chi connectivity index (χ3v) is 6.73. The molecule has 2 atom stereocenters. The fourth-order valence-corrected chi connectivity index (χ4v) is 4.84. The quantitative estimate of drug-likeness (QED) is 0.315. The average Bonchev–Trinajstić information content (AvgIpc) is 3.05. The molecule has 0 heterocycles. The molecular weight excluding hydrogens is 336 g/mol. The van der Waals surface area contributed by atoms with Crippen molar-refractivity contribution in [3.63, 3.8) is 0 Å². The fourth-order valence-electron chi connectivity index (χ4n) is 4.84. The van der Waals surface area contributed by atoms with Crippen LogP contribution in [0.25, 0.3) is 11.1 Å². The molecule has 28 heavy (non-hydrogen) atoms. The van der Waals surface area contributed by atoms with Gasteiger partial charge in [0.25, 0.3) is 0 Å². The largest absolute Gasteiger partial charge is 0.0628 e. The lowest BCUT2D eigenvalue weighted by Crippen LogP contribution is -2.02. The van der Waals surface area contributed by atoms with Crippen molar-refractivity contribution in [2.75, 3.05) is 0 Å². The summed E-state index contributed by atoms with van der Waals surface area (Å²) in [6, 6.07) is 15.9. The maximum atomic E-state index is 2.46. The van der Waals surface area contributed by atoms with Crippen LogP contribution in [0.1, 0.15) is 89.3 Å². The van der Waals surface area contributed by atoms with Crippen molar-refractivity contribution >= 4 is 0 Å². The summed E-state index contributed by atoms with van der Waals surface area (Å²) < 4.78 is 0. The van der Waals surface area contributed by atoms with Crippen molar-refractivity contribution in [1.29, 1.82) is 0 Å². The Morgan fingerprint density at radius 3 is 2.07 bits per heavy atom. The van der Waals surface area contributed by atoms with Crippen molar-refractivity contribution in [3.05, 3.63) is 59.2 Å². The minimum absolute atomic E-state index is 0.836. The van der Waals surface area contributed by atoms with Crippen LogP contribution in [0.5, 0.6) is 0 Å². The van der Waals surface area contributed by atoms with E-state index in [1.165, 1.54) is 68.1 Å². The fraction of sp³-hybridized carbons (Fsp3) is 0.571. The summed E-state index contributed by atoms with van der Waals surface area (Å²) in [5.41, 5.74) is 7.62. The van der Waals surface area contributed by atoms with Gasteiger partial charge in [0.15, 0.2) is 0 Å². The van der Waals surface area contributed by atoms with Crippen LogP contribution in [0.2, 0.25) is 0 Å². The first kappa shape index (κ1) is 21.2. The van der Waals surface area contributed by atoms with Crippen LogP contribution in [0, 0.1) is 17.8 Å². The highest BCUT2D eigenvalue weighted by Crippen LogP contribution is 2.38. The van der Waals surface area contributed by atoms with Gasteiger partial charge in [0.05, 0.1) is 0 Å². The van der Waals surface area contributed by atoms with E-state index >= 15 is 0 Å². The van der Waals surface area contributed by atoms with Crippen LogP contribution >= 0.6 is 0 Å². The Labute approximate surface area is 173 Å². The molecule has 0 spiro atoms. The molecule has 0 nitrogen and oxygen atoms in total. The highest BCUT2D eigenvalue weighted by Gasteiger charge is 2.20. The van der Waals surface area contributed by atoms with Crippen molar-refractivity contribution in [3.8, 4) is 11.1 Å². The van der Waals surface area contributed by atoms with Crippen LogP contribution in [-0.4, -0.2) is 0 Å². The topological polar surface area (TPSA) is 0 Å². The van der Waals surface area contributed by atoms with Gasteiger partial charge in [-0.25, -0.2) is 0 Å². The van der Waals surface area contributed by atoms with E-state index in [0.29, 0.717) is 0 Å². The molecule has 0 saturated heterocycles. The first-order valence-electron chi connectivity index (χ1n) is 11.7. The average molecular weight is 377 g/mol. The highest BCUT2D eigenvalue weighted by atomic mass is 14.2. The second kappa shape index (κ2) is 10.3. The predicted molar refractivity (Wildman–Crippen MR) is 124 cm³/mol. The molecule has 1 aliphatic rings. The summed E-state index contributed by atoms with van der Waals surface area (Å²) in [7, 11) is 0.